The van der Waals surface area contributed by atoms with Crippen LogP contribution in [0, 0.1) is 24.0 Å². The third-order valence-electron chi connectivity index (χ3n) is 1.71. The van der Waals surface area contributed by atoms with Crippen molar-refractivity contribution in [1.29, 1.82) is 0 Å². The molecule has 0 fully saturated rings. The molecule has 0 atom stereocenters. The predicted molar refractivity (Wildman–Crippen MR) is 52.0 cm³/mol. The van der Waals surface area contributed by atoms with E-state index in [0.717, 1.165) is 11.1 Å². The standard InChI is InChI=1S/C8H10N2O2.CO2/c1-5-3-6(2)8(9)7(4-5)10(11)12;2-1-3/h3-4H,9H2,1-2H3;. The van der Waals surface area contributed by atoms with Crippen LogP contribution >= 0.6 is 0 Å². The van der Waals surface area contributed by atoms with Gasteiger partial charge in [-0.05, 0) is 25.0 Å². The molecule has 15 heavy (non-hydrogen) atoms. The molecule has 0 aliphatic rings. The van der Waals surface area contributed by atoms with Gasteiger partial charge in [0, 0.05) is 6.07 Å². The summed E-state index contributed by atoms with van der Waals surface area (Å²) in [6.07, 6.45) is 0.250. The second-order valence-electron chi connectivity index (χ2n) is 2.86. The van der Waals surface area contributed by atoms with E-state index in [1.165, 1.54) is 6.07 Å². The minimum atomic E-state index is -0.463. The Morgan fingerprint density at radius 3 is 2.20 bits per heavy atom. The number of benzene rings is 1. The molecular formula is C9H10N2O4. The first-order chi connectivity index (χ1) is 6.93. The number of anilines is 1. The number of nitrogens with two attached hydrogens (primary N) is 1. The van der Waals surface area contributed by atoms with Crippen LogP contribution in [0.5, 0.6) is 0 Å². The molecule has 0 saturated carbocycles. The molecule has 0 aliphatic carbocycles. The van der Waals surface area contributed by atoms with Gasteiger partial charge in [0.1, 0.15) is 5.69 Å². The molecule has 0 heterocycles. The maximum Gasteiger partial charge on any atom is 0.373 e. The molecule has 1 rings (SSSR count). The van der Waals surface area contributed by atoms with Crippen LogP contribution in [-0.2, 0) is 9.59 Å². The van der Waals surface area contributed by atoms with Crippen molar-refractivity contribution in [2.45, 2.75) is 13.8 Å². The summed E-state index contributed by atoms with van der Waals surface area (Å²) in [6.45, 7) is 3.56. The Hall–Kier alpha value is -2.20. The van der Waals surface area contributed by atoms with Crippen LogP contribution in [-0.4, -0.2) is 11.1 Å². The Morgan fingerprint density at radius 1 is 1.33 bits per heavy atom. The molecule has 6 nitrogen and oxygen atoms in total. The Morgan fingerprint density at radius 2 is 1.80 bits per heavy atom. The second-order valence-corrected chi connectivity index (χ2v) is 2.86. The van der Waals surface area contributed by atoms with E-state index >= 15 is 0 Å². The highest BCUT2D eigenvalue weighted by atomic mass is 16.6. The average molecular weight is 210 g/mol. The molecule has 2 N–H and O–H groups in total. The lowest BCUT2D eigenvalue weighted by Gasteiger charge is -2.02. The van der Waals surface area contributed by atoms with E-state index in [1.54, 1.807) is 13.8 Å². The van der Waals surface area contributed by atoms with E-state index in [2.05, 4.69) is 0 Å². The Kier molecular flexibility index (Phi) is 4.70. The monoisotopic (exact) mass is 210 g/mol. The fraction of sp³-hybridized carbons (Fsp3) is 0.222. The van der Waals surface area contributed by atoms with Crippen LogP contribution in [0.1, 0.15) is 11.1 Å². The van der Waals surface area contributed by atoms with Gasteiger partial charge < -0.3 is 5.73 Å². The topological polar surface area (TPSA) is 103 Å². The van der Waals surface area contributed by atoms with Crippen LogP contribution < -0.4 is 5.73 Å². The molecule has 1 aromatic carbocycles. The van der Waals surface area contributed by atoms with E-state index in [9.17, 15) is 10.1 Å². The van der Waals surface area contributed by atoms with Gasteiger partial charge >= 0.3 is 6.15 Å². The number of nitro groups is 1. The van der Waals surface area contributed by atoms with Gasteiger partial charge in [0.05, 0.1) is 4.92 Å². The maximum atomic E-state index is 10.5. The van der Waals surface area contributed by atoms with Gasteiger partial charge in [0.25, 0.3) is 5.69 Å². The summed E-state index contributed by atoms with van der Waals surface area (Å²) in [6, 6.07) is 3.30. The number of rotatable bonds is 1. The number of hydrogen-bond acceptors (Lipinski definition) is 5. The van der Waals surface area contributed by atoms with Crippen molar-refractivity contribution in [3.8, 4) is 0 Å². The lowest BCUT2D eigenvalue weighted by atomic mass is 10.1. The van der Waals surface area contributed by atoms with Gasteiger partial charge in [-0.25, -0.2) is 0 Å². The molecule has 0 radical (unpaired) electrons. The van der Waals surface area contributed by atoms with Crippen molar-refractivity contribution in [3.63, 3.8) is 0 Å². The molecule has 0 bridgehead atoms. The van der Waals surface area contributed by atoms with E-state index in [0.29, 0.717) is 0 Å². The highest BCUT2D eigenvalue weighted by Crippen LogP contribution is 2.25. The molecule has 0 spiro atoms. The van der Waals surface area contributed by atoms with Gasteiger partial charge in [0.2, 0.25) is 0 Å². The minimum absolute atomic E-state index is 0.00694. The third kappa shape index (κ3) is 3.58. The van der Waals surface area contributed by atoms with Gasteiger partial charge in [-0.1, -0.05) is 6.07 Å². The van der Waals surface area contributed by atoms with Crippen LogP contribution in [0.15, 0.2) is 12.1 Å². The zero-order valence-electron chi connectivity index (χ0n) is 8.31. The SMILES string of the molecule is Cc1cc(C)c(N)c([N+](=O)[O-])c1.O=C=O. The van der Waals surface area contributed by atoms with Crippen LogP contribution in [0.2, 0.25) is 0 Å². The largest absolute Gasteiger partial charge is 0.393 e. The van der Waals surface area contributed by atoms with E-state index in [1.807, 2.05) is 6.07 Å². The van der Waals surface area contributed by atoms with E-state index in [-0.39, 0.29) is 17.5 Å². The average Bonchev–Trinajstić information content (AvgIpc) is 2.12. The zero-order chi connectivity index (χ0) is 12.0. The third-order valence-corrected chi connectivity index (χ3v) is 1.71. The lowest BCUT2D eigenvalue weighted by Crippen LogP contribution is -1.98. The zero-order valence-corrected chi connectivity index (χ0v) is 8.31. The van der Waals surface area contributed by atoms with Crippen molar-refractivity contribution in [3.05, 3.63) is 33.4 Å². The highest BCUT2D eigenvalue weighted by molar-refractivity contribution is 5.63. The van der Waals surface area contributed by atoms with Crippen molar-refractivity contribution in [2.24, 2.45) is 0 Å². The smallest absolute Gasteiger partial charge is 0.373 e. The summed E-state index contributed by atoms with van der Waals surface area (Å²) < 4.78 is 0. The quantitative estimate of drug-likeness (QED) is 0.426. The molecule has 0 unspecified atom stereocenters. The number of nitrogens with zero attached hydrogens (tertiary/aromatic N) is 1. The molecule has 0 aromatic heterocycles. The predicted octanol–water partition coefficient (Wildman–Crippen LogP) is 1.21. The van der Waals surface area contributed by atoms with Crippen molar-refractivity contribution >= 4 is 17.5 Å². The first-order valence-electron chi connectivity index (χ1n) is 3.94. The van der Waals surface area contributed by atoms with Gasteiger partial charge in [-0.3, -0.25) is 10.1 Å². The number of carbonyl (C=O) groups excluding carboxylic acids is 2. The Balaban J connectivity index is 0.000000583. The van der Waals surface area contributed by atoms with E-state index in [4.69, 9.17) is 15.3 Å². The fourth-order valence-corrected chi connectivity index (χ4v) is 1.11. The molecule has 6 heteroatoms. The molecule has 0 aliphatic heterocycles. The molecule has 0 amide bonds. The van der Waals surface area contributed by atoms with E-state index < -0.39 is 4.92 Å². The number of aryl methyl sites for hydroxylation is 2. The van der Waals surface area contributed by atoms with Crippen LogP contribution in [0.25, 0.3) is 0 Å². The van der Waals surface area contributed by atoms with Gasteiger partial charge in [-0.2, -0.15) is 9.59 Å². The van der Waals surface area contributed by atoms with Crippen molar-refractivity contribution in [1.82, 2.24) is 0 Å². The summed E-state index contributed by atoms with van der Waals surface area (Å²) in [5.74, 6) is 0. The molecule has 1 aromatic rings. The molecule has 80 valence electrons. The lowest BCUT2D eigenvalue weighted by molar-refractivity contribution is -0.384. The number of nitrogen functional groups attached to an aromatic ring is 1. The highest BCUT2D eigenvalue weighted by Gasteiger charge is 2.12. The van der Waals surface area contributed by atoms with Crippen molar-refractivity contribution < 1.29 is 14.5 Å². The fourth-order valence-electron chi connectivity index (χ4n) is 1.11. The first-order valence-corrected chi connectivity index (χ1v) is 3.94. The Bertz CT molecular complexity index is 409. The van der Waals surface area contributed by atoms with Gasteiger partial charge in [-0.15, -0.1) is 0 Å². The van der Waals surface area contributed by atoms with Crippen LogP contribution in [0.3, 0.4) is 0 Å². The summed E-state index contributed by atoms with van der Waals surface area (Å²) in [7, 11) is 0. The summed E-state index contributed by atoms with van der Waals surface area (Å²) in [4.78, 5) is 26.2. The molecular weight excluding hydrogens is 200 g/mol. The molecule has 0 saturated heterocycles. The van der Waals surface area contributed by atoms with Crippen molar-refractivity contribution in [2.75, 3.05) is 5.73 Å². The Labute approximate surface area is 85.8 Å². The number of nitro benzene ring substituents is 1. The normalized spacial score (nSPS) is 8.40. The maximum absolute atomic E-state index is 10.5. The van der Waals surface area contributed by atoms with Gasteiger partial charge in [0.15, 0.2) is 0 Å². The minimum Gasteiger partial charge on any atom is -0.393 e. The van der Waals surface area contributed by atoms with Crippen LogP contribution in [0.4, 0.5) is 11.4 Å². The summed E-state index contributed by atoms with van der Waals surface area (Å²) in [5.41, 5.74) is 7.37. The second kappa shape index (κ2) is 5.51. The summed E-state index contributed by atoms with van der Waals surface area (Å²) in [5, 5.41) is 10.5. The first kappa shape index (κ1) is 12.8. The number of hydrogen-bond donors (Lipinski definition) is 1. The summed E-state index contributed by atoms with van der Waals surface area (Å²) >= 11 is 0.